The van der Waals surface area contributed by atoms with Crippen molar-refractivity contribution in [3.05, 3.63) is 86.5 Å². The molecule has 3 nitrogen and oxygen atoms in total. The molecule has 122 valence electrons. The van der Waals surface area contributed by atoms with Crippen LogP contribution in [-0.4, -0.2) is 13.0 Å². The summed E-state index contributed by atoms with van der Waals surface area (Å²) < 4.78 is 5.97. The molecule has 5 heteroatoms. The van der Waals surface area contributed by atoms with Gasteiger partial charge in [-0.05, 0) is 51.1 Å². The molecule has 0 bridgehead atoms. The summed E-state index contributed by atoms with van der Waals surface area (Å²) in [5.74, 6) is 0.574. The Hall–Kier alpha value is -2.11. The van der Waals surface area contributed by atoms with Crippen molar-refractivity contribution in [1.29, 1.82) is 0 Å². The summed E-state index contributed by atoms with van der Waals surface area (Å²) in [7, 11) is 1.60. The predicted molar refractivity (Wildman–Crippen MR) is 101 cm³/mol. The molecule has 1 N–H and O–H groups in total. The zero-order valence-corrected chi connectivity index (χ0v) is 15.4. The normalized spacial score (nSPS) is 11.8. The van der Waals surface area contributed by atoms with Crippen molar-refractivity contribution in [2.24, 2.45) is 0 Å². The topological polar surface area (TPSA) is 38.3 Å². The van der Waals surface area contributed by atoms with Crippen LogP contribution in [0.1, 0.15) is 26.8 Å². The monoisotopic (exact) mass is 401 g/mol. The van der Waals surface area contributed by atoms with Crippen molar-refractivity contribution in [3.8, 4) is 5.75 Å². The van der Waals surface area contributed by atoms with Crippen molar-refractivity contribution >= 4 is 33.2 Å². The van der Waals surface area contributed by atoms with Crippen LogP contribution in [0.5, 0.6) is 5.75 Å². The number of ether oxygens (including phenoxy) is 1. The second kappa shape index (κ2) is 7.64. The number of methoxy groups -OCH3 is 1. The standard InChI is InChI=1S/C19H16BrNO2S/c1-23-16-10-9-14(12-15(16)20)19(22)21-18(17-8-5-11-24-17)13-6-3-2-4-7-13/h2-12,18H,1H3,(H,21,22). The molecule has 0 radical (unpaired) electrons. The average Bonchev–Trinajstić information content (AvgIpc) is 3.14. The van der Waals surface area contributed by atoms with Crippen molar-refractivity contribution in [2.75, 3.05) is 7.11 Å². The molecule has 1 unspecified atom stereocenters. The van der Waals surface area contributed by atoms with E-state index in [1.54, 1.807) is 36.6 Å². The highest BCUT2D eigenvalue weighted by Gasteiger charge is 2.19. The van der Waals surface area contributed by atoms with Gasteiger partial charge in [-0.2, -0.15) is 0 Å². The van der Waals surface area contributed by atoms with Crippen LogP contribution in [0.2, 0.25) is 0 Å². The van der Waals surface area contributed by atoms with E-state index in [-0.39, 0.29) is 11.9 Å². The Labute approximate surface area is 153 Å². The number of rotatable bonds is 5. The van der Waals surface area contributed by atoms with Gasteiger partial charge in [0.15, 0.2) is 0 Å². The highest BCUT2D eigenvalue weighted by Crippen LogP contribution is 2.28. The van der Waals surface area contributed by atoms with Gasteiger partial charge in [-0.15, -0.1) is 11.3 Å². The number of carbonyl (C=O) groups excluding carboxylic acids is 1. The summed E-state index contributed by atoms with van der Waals surface area (Å²) in [4.78, 5) is 13.8. The fourth-order valence-corrected chi connectivity index (χ4v) is 3.78. The Morgan fingerprint density at radius 1 is 1.12 bits per heavy atom. The third kappa shape index (κ3) is 3.68. The Balaban J connectivity index is 1.88. The van der Waals surface area contributed by atoms with E-state index in [0.717, 1.165) is 14.9 Å². The van der Waals surface area contributed by atoms with Crippen LogP contribution in [0, 0.1) is 0 Å². The highest BCUT2D eigenvalue weighted by atomic mass is 79.9. The molecular formula is C19H16BrNO2S. The van der Waals surface area contributed by atoms with Crippen LogP contribution in [0.25, 0.3) is 0 Å². The summed E-state index contributed by atoms with van der Waals surface area (Å²) >= 11 is 5.05. The van der Waals surface area contributed by atoms with Crippen LogP contribution < -0.4 is 10.1 Å². The van der Waals surface area contributed by atoms with Crippen molar-refractivity contribution in [1.82, 2.24) is 5.32 Å². The first-order chi connectivity index (χ1) is 11.7. The second-order valence-corrected chi connectivity index (χ2v) is 7.02. The van der Waals surface area contributed by atoms with Gasteiger partial charge in [0.1, 0.15) is 5.75 Å². The van der Waals surface area contributed by atoms with Gasteiger partial charge in [0, 0.05) is 10.4 Å². The number of hydrogen-bond donors (Lipinski definition) is 1. The third-order valence-electron chi connectivity index (χ3n) is 3.65. The van der Waals surface area contributed by atoms with E-state index in [9.17, 15) is 4.79 Å². The minimum absolute atomic E-state index is 0.124. The molecular weight excluding hydrogens is 386 g/mol. The Bertz CT molecular complexity index is 819. The number of halogens is 1. The molecule has 0 spiro atoms. The van der Waals surface area contributed by atoms with Crippen LogP contribution in [0.4, 0.5) is 0 Å². The van der Waals surface area contributed by atoms with Crippen LogP contribution >= 0.6 is 27.3 Å². The fraction of sp³-hybridized carbons (Fsp3) is 0.105. The first-order valence-electron chi connectivity index (χ1n) is 7.42. The molecule has 3 aromatic rings. The fourth-order valence-electron chi connectivity index (χ4n) is 2.44. The maximum atomic E-state index is 12.7. The molecule has 3 rings (SSSR count). The van der Waals surface area contributed by atoms with E-state index in [1.165, 1.54) is 0 Å². The Morgan fingerprint density at radius 3 is 2.54 bits per heavy atom. The minimum atomic E-state index is -0.167. The summed E-state index contributed by atoms with van der Waals surface area (Å²) in [6.07, 6.45) is 0. The lowest BCUT2D eigenvalue weighted by molar-refractivity contribution is 0.0943. The molecule has 1 heterocycles. The number of carbonyl (C=O) groups is 1. The molecule has 0 aliphatic rings. The zero-order valence-electron chi connectivity index (χ0n) is 13.0. The Kier molecular flexibility index (Phi) is 5.33. The largest absolute Gasteiger partial charge is 0.496 e. The first kappa shape index (κ1) is 16.7. The van der Waals surface area contributed by atoms with Crippen LogP contribution in [0.3, 0.4) is 0 Å². The molecule has 1 aromatic heterocycles. The molecule has 0 fully saturated rings. The quantitative estimate of drug-likeness (QED) is 0.650. The SMILES string of the molecule is COc1ccc(C(=O)NC(c2ccccc2)c2cccs2)cc1Br. The van der Waals surface area contributed by atoms with Gasteiger partial charge in [-0.1, -0.05) is 36.4 Å². The van der Waals surface area contributed by atoms with Crippen LogP contribution in [0.15, 0.2) is 70.5 Å². The van der Waals surface area contributed by atoms with Crippen molar-refractivity contribution in [2.45, 2.75) is 6.04 Å². The van der Waals surface area contributed by atoms with Gasteiger partial charge in [0.2, 0.25) is 0 Å². The summed E-state index contributed by atoms with van der Waals surface area (Å²) in [6, 6.07) is 19.1. The van der Waals surface area contributed by atoms with Gasteiger partial charge in [-0.3, -0.25) is 4.79 Å². The molecule has 0 saturated heterocycles. The van der Waals surface area contributed by atoms with Crippen LogP contribution in [-0.2, 0) is 0 Å². The van der Waals surface area contributed by atoms with Crippen molar-refractivity contribution in [3.63, 3.8) is 0 Å². The summed E-state index contributed by atoms with van der Waals surface area (Å²) in [6.45, 7) is 0. The van der Waals surface area contributed by atoms with E-state index >= 15 is 0 Å². The number of benzene rings is 2. The molecule has 1 atom stereocenters. The molecule has 0 aliphatic heterocycles. The second-order valence-electron chi connectivity index (χ2n) is 5.18. The third-order valence-corrected chi connectivity index (χ3v) is 5.21. The van der Waals surface area contributed by atoms with E-state index in [1.807, 2.05) is 47.8 Å². The predicted octanol–water partition coefficient (Wildman–Crippen LogP) is 5.04. The van der Waals surface area contributed by atoms with E-state index in [4.69, 9.17) is 4.74 Å². The molecule has 24 heavy (non-hydrogen) atoms. The summed E-state index contributed by atoms with van der Waals surface area (Å²) in [5.41, 5.74) is 1.64. The molecule has 1 amide bonds. The van der Waals surface area contributed by atoms with Gasteiger partial charge in [0.05, 0.1) is 17.6 Å². The van der Waals surface area contributed by atoms with Gasteiger partial charge >= 0.3 is 0 Å². The Morgan fingerprint density at radius 2 is 1.92 bits per heavy atom. The molecule has 2 aromatic carbocycles. The highest BCUT2D eigenvalue weighted by molar-refractivity contribution is 9.10. The van der Waals surface area contributed by atoms with E-state index in [2.05, 4.69) is 21.2 Å². The van der Waals surface area contributed by atoms with Crippen molar-refractivity contribution < 1.29 is 9.53 Å². The number of thiophene rings is 1. The molecule has 0 saturated carbocycles. The first-order valence-corrected chi connectivity index (χ1v) is 9.09. The van der Waals surface area contributed by atoms with E-state index in [0.29, 0.717) is 11.3 Å². The number of hydrogen-bond acceptors (Lipinski definition) is 3. The minimum Gasteiger partial charge on any atom is -0.496 e. The zero-order chi connectivity index (χ0) is 16.9. The average molecular weight is 402 g/mol. The maximum absolute atomic E-state index is 12.7. The van der Waals surface area contributed by atoms with E-state index < -0.39 is 0 Å². The maximum Gasteiger partial charge on any atom is 0.252 e. The summed E-state index contributed by atoms with van der Waals surface area (Å²) in [5, 5.41) is 5.14. The smallest absolute Gasteiger partial charge is 0.252 e. The van der Waals surface area contributed by atoms with Gasteiger partial charge < -0.3 is 10.1 Å². The van der Waals surface area contributed by atoms with Gasteiger partial charge in [0.25, 0.3) is 5.91 Å². The lowest BCUT2D eigenvalue weighted by Crippen LogP contribution is -2.28. The van der Waals surface area contributed by atoms with Gasteiger partial charge in [-0.25, -0.2) is 0 Å². The lowest BCUT2D eigenvalue weighted by atomic mass is 10.0. The lowest BCUT2D eigenvalue weighted by Gasteiger charge is -2.18. The number of amides is 1. The number of nitrogens with one attached hydrogen (secondary N) is 1. The molecule has 0 aliphatic carbocycles.